The molecule has 0 aliphatic heterocycles. The minimum absolute atomic E-state index is 1.02. The molecule has 0 aliphatic carbocycles. The van der Waals surface area contributed by atoms with Crippen molar-refractivity contribution in [2.75, 3.05) is 0 Å². The minimum atomic E-state index is 1.02. The number of nitrogens with zero attached hydrogens (tertiary/aromatic N) is 1. The highest BCUT2D eigenvalue weighted by molar-refractivity contribution is 9.10. The van der Waals surface area contributed by atoms with E-state index in [0.717, 1.165) is 9.50 Å². The molecule has 0 unspecified atom stereocenters. The van der Waals surface area contributed by atoms with Crippen LogP contribution in [-0.4, -0.2) is 4.98 Å². The van der Waals surface area contributed by atoms with Crippen LogP contribution in [0, 0.1) is 0 Å². The van der Waals surface area contributed by atoms with Gasteiger partial charge in [-0.05, 0) is 39.5 Å². The average molecular weight is 272 g/mol. The van der Waals surface area contributed by atoms with Crippen LogP contribution < -0.4 is 0 Å². The van der Waals surface area contributed by atoms with Crippen molar-refractivity contribution in [2.45, 2.75) is 9.24 Å². The van der Waals surface area contributed by atoms with Gasteiger partial charge >= 0.3 is 0 Å². The zero-order valence-corrected chi connectivity index (χ0v) is 9.82. The fourth-order valence-corrected chi connectivity index (χ4v) is 3.02. The molecule has 0 spiro atoms. The van der Waals surface area contributed by atoms with E-state index in [1.807, 2.05) is 18.2 Å². The first kappa shape index (κ1) is 9.24. The van der Waals surface area contributed by atoms with Crippen molar-refractivity contribution in [3.05, 3.63) is 40.3 Å². The Labute approximate surface area is 93.3 Å². The average Bonchev–Trinajstić information content (AvgIpc) is 2.61. The molecule has 2 rings (SSSR count). The summed E-state index contributed by atoms with van der Waals surface area (Å²) in [4.78, 5) is 4.28. The molecule has 0 saturated carbocycles. The van der Waals surface area contributed by atoms with Gasteiger partial charge in [-0.25, -0.2) is 4.98 Å². The van der Waals surface area contributed by atoms with Gasteiger partial charge in [-0.2, -0.15) is 0 Å². The Hall–Kier alpha value is -0.320. The number of rotatable bonds is 2. The highest BCUT2D eigenvalue weighted by atomic mass is 79.9. The number of aromatic nitrogens is 1. The van der Waals surface area contributed by atoms with E-state index >= 15 is 0 Å². The third kappa shape index (κ3) is 2.33. The quantitative estimate of drug-likeness (QED) is 0.817. The van der Waals surface area contributed by atoms with Gasteiger partial charge in [-0.15, -0.1) is 11.3 Å². The summed E-state index contributed by atoms with van der Waals surface area (Å²) in [6.45, 7) is 0. The van der Waals surface area contributed by atoms with Crippen molar-refractivity contribution in [2.24, 2.45) is 0 Å². The van der Waals surface area contributed by atoms with Crippen molar-refractivity contribution in [3.63, 3.8) is 0 Å². The molecule has 0 fully saturated rings. The van der Waals surface area contributed by atoms with Gasteiger partial charge < -0.3 is 0 Å². The van der Waals surface area contributed by atoms with Crippen molar-refractivity contribution in [1.82, 2.24) is 4.98 Å². The summed E-state index contributed by atoms with van der Waals surface area (Å²) in [7, 11) is 0. The fraction of sp³-hybridized carbons (Fsp3) is 0. The van der Waals surface area contributed by atoms with E-state index in [0.29, 0.717) is 0 Å². The lowest BCUT2D eigenvalue weighted by molar-refractivity contribution is 1.11. The maximum absolute atomic E-state index is 4.28. The summed E-state index contributed by atoms with van der Waals surface area (Å²) in [6, 6.07) is 8.06. The predicted octanol–water partition coefficient (Wildman–Crippen LogP) is 4.06. The Morgan fingerprint density at radius 3 is 2.92 bits per heavy atom. The summed E-state index contributed by atoms with van der Waals surface area (Å²) < 4.78 is 2.31. The molecule has 1 nitrogen and oxygen atoms in total. The van der Waals surface area contributed by atoms with E-state index < -0.39 is 0 Å². The van der Waals surface area contributed by atoms with E-state index in [-0.39, 0.29) is 0 Å². The highest BCUT2D eigenvalue weighted by Gasteiger charge is 2.02. The van der Waals surface area contributed by atoms with Crippen LogP contribution in [0.3, 0.4) is 0 Å². The van der Waals surface area contributed by atoms with Gasteiger partial charge in [-0.1, -0.05) is 17.8 Å². The Balaban J connectivity index is 2.24. The molecule has 0 bridgehead atoms. The molecule has 0 aromatic carbocycles. The first-order chi connectivity index (χ1) is 6.36. The molecule has 0 saturated heterocycles. The van der Waals surface area contributed by atoms with Gasteiger partial charge in [0.2, 0.25) is 0 Å². The van der Waals surface area contributed by atoms with Crippen molar-refractivity contribution in [3.8, 4) is 0 Å². The molecule has 0 amide bonds. The summed E-state index contributed by atoms with van der Waals surface area (Å²) >= 11 is 6.87. The fourth-order valence-electron chi connectivity index (χ4n) is 0.863. The molecule has 2 aromatic heterocycles. The van der Waals surface area contributed by atoms with Crippen LogP contribution in [0.15, 0.2) is 49.6 Å². The lowest BCUT2D eigenvalue weighted by Crippen LogP contribution is -1.78. The Morgan fingerprint density at radius 1 is 1.31 bits per heavy atom. The number of pyridine rings is 1. The zero-order valence-electron chi connectivity index (χ0n) is 6.61. The second-order valence-electron chi connectivity index (χ2n) is 2.32. The van der Waals surface area contributed by atoms with E-state index in [1.165, 1.54) is 4.21 Å². The molecule has 13 heavy (non-hydrogen) atoms. The van der Waals surface area contributed by atoms with Gasteiger partial charge in [0, 0.05) is 6.20 Å². The van der Waals surface area contributed by atoms with E-state index in [4.69, 9.17) is 0 Å². The standard InChI is InChI=1S/C9H6BrNS2/c10-7-3-1-5-11-9(7)13-8-4-2-6-12-8/h1-6H. The van der Waals surface area contributed by atoms with Crippen LogP contribution in [0.1, 0.15) is 0 Å². The highest BCUT2D eigenvalue weighted by Crippen LogP contribution is 2.33. The smallest absolute Gasteiger partial charge is 0.116 e. The monoisotopic (exact) mass is 271 g/mol. The second-order valence-corrected chi connectivity index (χ2v) is 5.42. The first-order valence-electron chi connectivity index (χ1n) is 3.68. The van der Waals surface area contributed by atoms with Crippen LogP contribution in [0.2, 0.25) is 0 Å². The number of hydrogen-bond donors (Lipinski definition) is 0. The largest absolute Gasteiger partial charge is 0.248 e. The number of thiophene rings is 1. The number of hydrogen-bond acceptors (Lipinski definition) is 3. The lowest BCUT2D eigenvalue weighted by Gasteiger charge is -1.98. The Kier molecular flexibility index (Phi) is 3.03. The van der Waals surface area contributed by atoms with Crippen molar-refractivity contribution >= 4 is 39.0 Å². The molecule has 4 heteroatoms. The maximum atomic E-state index is 4.28. The summed E-state index contributed by atoms with van der Waals surface area (Å²) in [5.41, 5.74) is 0. The van der Waals surface area contributed by atoms with E-state index in [1.54, 1.807) is 29.3 Å². The molecular formula is C9H6BrNS2. The zero-order chi connectivity index (χ0) is 9.10. The van der Waals surface area contributed by atoms with Crippen LogP contribution in [0.5, 0.6) is 0 Å². The summed E-state index contributed by atoms with van der Waals surface area (Å²) in [5.74, 6) is 0. The van der Waals surface area contributed by atoms with Crippen molar-refractivity contribution in [1.29, 1.82) is 0 Å². The van der Waals surface area contributed by atoms with Crippen LogP contribution in [0.4, 0.5) is 0 Å². The molecule has 0 N–H and O–H groups in total. The Bertz CT molecular complexity index is 386. The third-order valence-corrected chi connectivity index (χ3v) is 4.38. The van der Waals surface area contributed by atoms with Crippen LogP contribution in [0.25, 0.3) is 0 Å². The molecule has 0 radical (unpaired) electrons. The first-order valence-corrected chi connectivity index (χ1v) is 6.17. The number of halogens is 1. The van der Waals surface area contributed by atoms with Gasteiger partial charge in [-0.3, -0.25) is 0 Å². The summed E-state index contributed by atoms with van der Waals surface area (Å²) in [6.07, 6.45) is 1.81. The van der Waals surface area contributed by atoms with Crippen molar-refractivity contribution < 1.29 is 0 Å². The minimum Gasteiger partial charge on any atom is -0.248 e. The molecular weight excluding hydrogens is 266 g/mol. The third-order valence-electron chi connectivity index (χ3n) is 1.42. The van der Waals surface area contributed by atoms with E-state index in [2.05, 4.69) is 32.4 Å². The van der Waals surface area contributed by atoms with Crippen LogP contribution in [-0.2, 0) is 0 Å². The van der Waals surface area contributed by atoms with Gasteiger partial charge in [0.15, 0.2) is 0 Å². The molecule has 0 atom stereocenters. The van der Waals surface area contributed by atoms with Gasteiger partial charge in [0.1, 0.15) is 5.03 Å². The van der Waals surface area contributed by atoms with Gasteiger partial charge in [0.05, 0.1) is 8.68 Å². The normalized spacial score (nSPS) is 10.2. The Morgan fingerprint density at radius 2 is 2.23 bits per heavy atom. The predicted molar refractivity (Wildman–Crippen MR) is 60.4 cm³/mol. The second kappa shape index (κ2) is 4.26. The molecule has 2 heterocycles. The van der Waals surface area contributed by atoms with Crippen LogP contribution >= 0.6 is 39.0 Å². The molecule has 0 aliphatic rings. The summed E-state index contributed by atoms with van der Waals surface area (Å²) in [5, 5.41) is 3.09. The lowest BCUT2D eigenvalue weighted by atomic mass is 10.5. The molecule has 66 valence electrons. The van der Waals surface area contributed by atoms with E-state index in [9.17, 15) is 0 Å². The topological polar surface area (TPSA) is 12.9 Å². The SMILES string of the molecule is Brc1cccnc1Sc1cccs1. The van der Waals surface area contributed by atoms with Gasteiger partial charge in [0.25, 0.3) is 0 Å². The molecule has 2 aromatic rings. The maximum Gasteiger partial charge on any atom is 0.116 e.